The van der Waals surface area contributed by atoms with Crippen molar-refractivity contribution in [2.75, 3.05) is 11.9 Å². The van der Waals surface area contributed by atoms with Crippen LogP contribution in [0.5, 0.6) is 0 Å². The van der Waals surface area contributed by atoms with E-state index in [0.29, 0.717) is 15.2 Å². The first-order chi connectivity index (χ1) is 7.82. The van der Waals surface area contributed by atoms with Gasteiger partial charge in [-0.25, -0.2) is 0 Å². The zero-order valence-corrected chi connectivity index (χ0v) is 11.4. The van der Waals surface area contributed by atoms with Crippen LogP contribution in [0.15, 0.2) is 33.2 Å². The molecule has 0 saturated heterocycles. The molecule has 0 fully saturated rings. The van der Waals surface area contributed by atoms with Gasteiger partial charge in [0.1, 0.15) is 0 Å². The number of anilines is 1. The van der Waals surface area contributed by atoms with Crippen LogP contribution in [0, 0.1) is 0 Å². The van der Waals surface area contributed by atoms with E-state index >= 15 is 0 Å². The molecule has 7 heteroatoms. The van der Waals surface area contributed by atoms with Crippen molar-refractivity contribution in [3.63, 3.8) is 0 Å². The summed E-state index contributed by atoms with van der Waals surface area (Å²) in [6, 6.07) is 3.53. The normalized spacial score (nSPS) is 12.7. The van der Waals surface area contributed by atoms with E-state index in [9.17, 15) is 13.2 Å². The van der Waals surface area contributed by atoms with Gasteiger partial charge in [-0.1, -0.05) is 39.1 Å². The number of hydrogen-bond acceptors (Lipinski definition) is 1. The molecular formula is C10H7BrCl2F3N. The second-order valence-corrected chi connectivity index (χ2v) is 4.76. The number of halogens is 6. The maximum atomic E-state index is 12.5. The van der Waals surface area contributed by atoms with Crippen LogP contribution >= 0.6 is 39.1 Å². The molecule has 0 aliphatic heterocycles. The Bertz CT molecular complexity index is 432. The van der Waals surface area contributed by atoms with Gasteiger partial charge in [-0.15, -0.1) is 0 Å². The minimum Gasteiger partial charge on any atom is -0.380 e. The summed E-state index contributed by atoms with van der Waals surface area (Å²) in [6.07, 6.45) is -4.38. The minimum atomic E-state index is -4.38. The molecule has 0 aliphatic rings. The summed E-state index contributed by atoms with van der Waals surface area (Å²) in [5.41, 5.74) is 0.723. The van der Waals surface area contributed by atoms with E-state index in [1.165, 1.54) is 6.07 Å². The molecule has 0 unspecified atom stereocenters. The summed E-state index contributed by atoms with van der Waals surface area (Å²) in [7, 11) is 0. The molecule has 0 radical (unpaired) electrons. The van der Waals surface area contributed by atoms with Gasteiger partial charge in [0, 0.05) is 20.7 Å². The van der Waals surface area contributed by atoms with Gasteiger partial charge in [-0.2, -0.15) is 13.2 Å². The average Bonchev–Trinajstić information content (AvgIpc) is 2.24. The Hall–Kier alpha value is -0.390. The molecular weight excluding hydrogens is 342 g/mol. The quantitative estimate of drug-likeness (QED) is 0.791. The van der Waals surface area contributed by atoms with Crippen molar-refractivity contribution < 1.29 is 13.2 Å². The lowest BCUT2D eigenvalue weighted by atomic mass is 10.2. The van der Waals surface area contributed by atoms with Gasteiger partial charge in [-0.3, -0.25) is 0 Å². The molecule has 0 bridgehead atoms. The summed E-state index contributed by atoms with van der Waals surface area (Å²) in [6.45, 7) is 0.165. The van der Waals surface area contributed by atoms with Gasteiger partial charge < -0.3 is 5.32 Å². The van der Waals surface area contributed by atoms with Crippen LogP contribution in [0.4, 0.5) is 18.9 Å². The first-order valence-corrected chi connectivity index (χ1v) is 6.00. The van der Waals surface area contributed by atoms with Gasteiger partial charge in [0.05, 0.1) is 12.1 Å². The molecule has 0 aromatic heterocycles. The molecule has 1 aromatic carbocycles. The van der Waals surface area contributed by atoms with E-state index in [-0.39, 0.29) is 6.54 Å². The number of rotatable bonds is 3. The van der Waals surface area contributed by atoms with Gasteiger partial charge in [0.15, 0.2) is 0 Å². The van der Waals surface area contributed by atoms with E-state index in [4.69, 9.17) is 23.2 Å². The monoisotopic (exact) mass is 347 g/mol. The first kappa shape index (κ1) is 14.7. The highest BCUT2D eigenvalue weighted by atomic mass is 79.9. The smallest absolute Gasteiger partial charge is 0.380 e. The zero-order valence-electron chi connectivity index (χ0n) is 8.28. The van der Waals surface area contributed by atoms with Crippen molar-refractivity contribution in [3.8, 4) is 0 Å². The lowest BCUT2D eigenvalue weighted by molar-refractivity contribution is -0.137. The van der Waals surface area contributed by atoms with Gasteiger partial charge in [0.25, 0.3) is 0 Å². The minimum absolute atomic E-state index is 0.165. The highest BCUT2D eigenvalue weighted by Crippen LogP contribution is 2.33. The van der Waals surface area contributed by atoms with Gasteiger partial charge in [-0.05, 0) is 18.2 Å². The van der Waals surface area contributed by atoms with Crippen LogP contribution in [0.1, 0.15) is 5.56 Å². The van der Waals surface area contributed by atoms with Gasteiger partial charge in [0.2, 0.25) is 0 Å². The molecule has 0 heterocycles. The highest BCUT2D eigenvalue weighted by molar-refractivity contribution is 9.10. The fourth-order valence-electron chi connectivity index (χ4n) is 1.08. The van der Waals surface area contributed by atoms with Crippen molar-refractivity contribution >= 4 is 44.8 Å². The number of benzene rings is 1. The number of alkyl halides is 3. The topological polar surface area (TPSA) is 12.0 Å². The molecule has 0 saturated carbocycles. The van der Waals surface area contributed by atoms with Crippen molar-refractivity contribution in [1.82, 2.24) is 0 Å². The van der Waals surface area contributed by atoms with Crippen LogP contribution in [0.3, 0.4) is 0 Å². The first-order valence-electron chi connectivity index (χ1n) is 4.39. The Morgan fingerprint density at radius 3 is 2.53 bits per heavy atom. The standard InChI is InChI=1S/C10H7BrCl2F3N/c11-7-1-6(10(14,15)16)2-9(3-7)17-5-8(13)4-12/h1-4,17H,5H2. The fourth-order valence-corrected chi connectivity index (χ4v) is 1.72. The Morgan fingerprint density at radius 1 is 1.35 bits per heavy atom. The Kier molecular flexibility index (Phi) is 5.16. The van der Waals surface area contributed by atoms with Crippen LogP contribution in [0.2, 0.25) is 0 Å². The molecule has 1 nitrogen and oxygen atoms in total. The molecule has 0 aliphatic carbocycles. The largest absolute Gasteiger partial charge is 0.416 e. The predicted molar refractivity (Wildman–Crippen MR) is 67.4 cm³/mol. The maximum Gasteiger partial charge on any atom is 0.416 e. The molecule has 1 N–H and O–H groups in total. The van der Waals surface area contributed by atoms with Crippen molar-refractivity contribution in [2.45, 2.75) is 6.18 Å². The predicted octanol–water partition coefficient (Wildman–Crippen LogP) is 5.20. The van der Waals surface area contributed by atoms with Crippen molar-refractivity contribution in [1.29, 1.82) is 0 Å². The third kappa shape index (κ3) is 4.77. The molecule has 0 spiro atoms. The van der Waals surface area contributed by atoms with Crippen molar-refractivity contribution in [3.05, 3.63) is 38.8 Å². The zero-order chi connectivity index (χ0) is 13.1. The summed E-state index contributed by atoms with van der Waals surface area (Å²) in [5, 5.41) is 3.04. The third-order valence-electron chi connectivity index (χ3n) is 1.80. The van der Waals surface area contributed by atoms with Crippen LogP contribution in [-0.2, 0) is 6.18 Å². The summed E-state index contributed by atoms with van der Waals surface area (Å²) < 4.78 is 37.9. The highest BCUT2D eigenvalue weighted by Gasteiger charge is 2.31. The van der Waals surface area contributed by atoms with E-state index in [1.807, 2.05) is 0 Å². The summed E-state index contributed by atoms with van der Waals surface area (Å²) in [4.78, 5) is 0. The van der Waals surface area contributed by atoms with Crippen molar-refractivity contribution in [2.24, 2.45) is 0 Å². The van der Waals surface area contributed by atoms with E-state index < -0.39 is 11.7 Å². The lowest BCUT2D eigenvalue weighted by Gasteiger charge is -2.11. The maximum absolute atomic E-state index is 12.5. The average molecular weight is 349 g/mol. The second kappa shape index (κ2) is 5.98. The SMILES string of the molecule is FC(F)(F)c1cc(Br)cc(NCC(Cl)=CCl)c1. The Morgan fingerprint density at radius 2 is 2.00 bits per heavy atom. The second-order valence-electron chi connectivity index (χ2n) is 3.14. The van der Waals surface area contributed by atoms with Crippen LogP contribution in [-0.4, -0.2) is 6.54 Å². The summed E-state index contributed by atoms with van der Waals surface area (Å²) >= 11 is 14.0. The van der Waals surface area contributed by atoms with E-state index in [0.717, 1.165) is 17.7 Å². The van der Waals surface area contributed by atoms with Crippen LogP contribution < -0.4 is 5.32 Å². The Labute approximate surface area is 115 Å². The molecule has 94 valence electrons. The molecule has 0 amide bonds. The summed E-state index contributed by atoms with van der Waals surface area (Å²) in [5.74, 6) is 0. The molecule has 17 heavy (non-hydrogen) atoms. The third-order valence-corrected chi connectivity index (χ3v) is 2.88. The van der Waals surface area contributed by atoms with Gasteiger partial charge >= 0.3 is 6.18 Å². The van der Waals surface area contributed by atoms with E-state index in [2.05, 4.69) is 21.2 Å². The Balaban J connectivity index is 2.91. The molecule has 0 atom stereocenters. The fraction of sp³-hybridized carbons (Fsp3) is 0.200. The number of nitrogens with one attached hydrogen (secondary N) is 1. The molecule has 1 rings (SSSR count). The van der Waals surface area contributed by atoms with E-state index in [1.54, 1.807) is 0 Å². The van der Waals surface area contributed by atoms with Crippen LogP contribution in [0.25, 0.3) is 0 Å². The molecule has 1 aromatic rings. The lowest BCUT2D eigenvalue weighted by Crippen LogP contribution is -2.07. The number of hydrogen-bond donors (Lipinski definition) is 1.